The number of benzene rings is 4. The predicted octanol–water partition coefficient (Wildman–Crippen LogP) is 7.46. The first-order chi connectivity index (χ1) is 60.7. The van der Waals surface area contributed by atoms with Gasteiger partial charge < -0.3 is 142 Å². The normalized spacial score (nSPS) is 11.4. The summed E-state index contributed by atoms with van der Waals surface area (Å²) in [5.74, 6) is -4.09. The van der Waals surface area contributed by atoms with Gasteiger partial charge in [0.25, 0.3) is 0 Å². The summed E-state index contributed by atoms with van der Waals surface area (Å²) in [6, 6.07) is 15.8. The Balaban J connectivity index is 1.83. The second-order valence-electron chi connectivity index (χ2n) is 28.8. The number of nitrogens with zero attached hydrogens (tertiary/aromatic N) is 2. The smallest absolute Gasteiger partial charge is 0.338 e. The number of ether oxygens (including phenoxy) is 28. The highest BCUT2D eigenvalue weighted by atomic mass is 16.6. The van der Waals surface area contributed by atoms with E-state index in [2.05, 4.69) is 0 Å². The molecule has 708 valence electrons. The van der Waals surface area contributed by atoms with Crippen molar-refractivity contribution in [3.05, 3.63) is 105 Å². The molecule has 0 bridgehead atoms. The van der Waals surface area contributed by atoms with Crippen LogP contribution in [0.15, 0.2) is 60.7 Å². The minimum Gasteiger partial charge on any atom is -0.487 e. The van der Waals surface area contributed by atoms with Crippen LogP contribution in [0.3, 0.4) is 0 Å². The van der Waals surface area contributed by atoms with Crippen molar-refractivity contribution in [3.63, 3.8) is 0 Å². The number of aryl methyl sites for hydroxylation is 4. The lowest BCUT2D eigenvalue weighted by atomic mass is 9.91. The van der Waals surface area contributed by atoms with Crippen molar-refractivity contribution in [2.45, 2.75) is 53.4 Å². The maximum atomic E-state index is 15.3. The topological polar surface area (TPSA) is 367 Å². The minimum absolute atomic E-state index is 0.00985. The maximum Gasteiger partial charge on any atom is 0.338 e. The molecule has 0 saturated carbocycles. The fourth-order valence-corrected chi connectivity index (χ4v) is 11.1. The molecule has 0 spiro atoms. The molecule has 4 rings (SSSR count). The van der Waals surface area contributed by atoms with E-state index in [9.17, 15) is 19.2 Å². The summed E-state index contributed by atoms with van der Waals surface area (Å²) in [7, 11) is 14.0. The molecule has 0 amide bonds. The second-order valence-corrected chi connectivity index (χ2v) is 28.8. The maximum absolute atomic E-state index is 15.3. The number of hydrogen-bond donors (Lipinski definition) is 0. The third-order valence-electron chi connectivity index (χ3n) is 17.3. The van der Waals surface area contributed by atoms with Gasteiger partial charge in [-0.2, -0.15) is 0 Å². The Hall–Kier alpha value is -8.22. The van der Waals surface area contributed by atoms with Crippen molar-refractivity contribution in [1.29, 1.82) is 0 Å². The lowest BCUT2D eigenvalue weighted by Gasteiger charge is -2.32. The summed E-state index contributed by atoms with van der Waals surface area (Å²) in [5, 5.41) is 0. The third-order valence-corrected chi connectivity index (χ3v) is 17.3. The van der Waals surface area contributed by atoms with Gasteiger partial charge in [-0.25, -0.2) is 19.2 Å². The molecule has 0 aromatic heterocycles. The van der Waals surface area contributed by atoms with Crippen LogP contribution in [0.5, 0.6) is 34.5 Å². The number of carbonyl (C=O) groups excluding carboxylic acids is 6. The fraction of sp³-hybridized carbons (Fsp3) is 0.663. The number of methoxy groups -OCH3 is 4. The standard InChI is InChI=1S/C89H138N2O34/c1-69-55-70(2)58-73(57-69)85(94)122-65-89(66-123-86(95)74-59-71(3)56-72(4)60-74,67-124-87(96)75-61-77(114-47-39-106-31-27-102-23-19-98-9)83(78(62-75)115-48-40-107-32-28-103-24-20-99-10)120-53-45-112-37-35-110-43-51-118-81(92)15-13-17-90(5)6)68-125-88(97)76-63-79(116-49-41-108-33-29-104-25-21-100-11)84(80(64-76)117-50-42-109-34-30-105-26-22-101-12)121-54-46-113-38-36-111-44-52-119-82(93)16-14-18-91(7)8/h55-64H,13-54,65-68H2,1-12H3. The summed E-state index contributed by atoms with van der Waals surface area (Å²) >= 11 is 0. The van der Waals surface area contributed by atoms with Crippen molar-refractivity contribution < 1.29 is 161 Å². The largest absolute Gasteiger partial charge is 0.487 e. The molecule has 0 N–H and O–H groups in total. The average molecular weight is 1780 g/mol. The molecule has 0 aliphatic carbocycles. The molecule has 0 unspecified atom stereocenters. The van der Waals surface area contributed by atoms with Gasteiger partial charge in [-0.1, -0.05) is 34.4 Å². The molecule has 0 radical (unpaired) electrons. The van der Waals surface area contributed by atoms with E-state index < -0.39 is 55.7 Å². The highest BCUT2D eigenvalue weighted by molar-refractivity contribution is 5.93. The zero-order valence-corrected chi connectivity index (χ0v) is 75.6. The number of rotatable bonds is 80. The Morgan fingerprint density at radius 2 is 0.448 bits per heavy atom. The van der Waals surface area contributed by atoms with E-state index in [0.29, 0.717) is 78.5 Å². The molecule has 0 fully saturated rings. The van der Waals surface area contributed by atoms with E-state index in [0.717, 1.165) is 35.3 Å². The van der Waals surface area contributed by atoms with Crippen molar-refractivity contribution >= 4 is 35.8 Å². The SMILES string of the molecule is COCCOCCOCCOc1cc(C(=O)OCC(COC(=O)c2cc(C)cc(C)c2)(COC(=O)c2cc(C)cc(C)c2)COC(=O)c2cc(OCCOCCOCCOC)c(OCCOCCOCCOC(=O)CCCN(C)C)c(OCCOCCOCCOC)c2)cc(OCCOCCOCCOC)c1OCCOCCOCCOC(=O)CCCN(C)C. The Morgan fingerprint density at radius 3 is 0.672 bits per heavy atom. The van der Waals surface area contributed by atoms with E-state index in [1.165, 1.54) is 24.3 Å². The Labute approximate surface area is 736 Å². The van der Waals surface area contributed by atoms with Crippen LogP contribution < -0.4 is 28.4 Å². The summed E-state index contributed by atoms with van der Waals surface area (Å²) in [4.78, 5) is 87.9. The van der Waals surface area contributed by atoms with E-state index in [4.69, 9.17) is 133 Å². The van der Waals surface area contributed by atoms with Gasteiger partial charge in [0.2, 0.25) is 11.5 Å². The third kappa shape index (κ3) is 52.0. The van der Waals surface area contributed by atoms with Crippen molar-refractivity contribution in [2.75, 3.05) is 334 Å². The molecule has 125 heavy (non-hydrogen) atoms. The van der Waals surface area contributed by atoms with Crippen LogP contribution in [0.1, 0.15) is 89.4 Å². The highest BCUT2D eigenvalue weighted by Gasteiger charge is 2.40. The fourth-order valence-electron chi connectivity index (χ4n) is 11.1. The van der Waals surface area contributed by atoms with Gasteiger partial charge in [0.05, 0.1) is 207 Å². The lowest BCUT2D eigenvalue weighted by Crippen LogP contribution is -2.44. The quantitative estimate of drug-likeness (QED) is 0.0235. The van der Waals surface area contributed by atoms with Crippen LogP contribution in [0.25, 0.3) is 0 Å². The Bertz CT molecular complexity index is 3210. The molecule has 36 nitrogen and oxygen atoms in total. The van der Waals surface area contributed by atoms with Crippen LogP contribution in [-0.2, 0) is 114 Å². The molecule has 0 atom stereocenters. The van der Waals surface area contributed by atoms with Gasteiger partial charge in [-0.05, 0) is 130 Å². The lowest BCUT2D eigenvalue weighted by molar-refractivity contribution is -0.146. The molecule has 0 saturated heterocycles. The predicted molar refractivity (Wildman–Crippen MR) is 456 cm³/mol. The minimum atomic E-state index is -1.94. The van der Waals surface area contributed by atoms with Crippen molar-refractivity contribution in [2.24, 2.45) is 5.41 Å². The number of esters is 6. The zero-order valence-electron chi connectivity index (χ0n) is 75.6. The molecule has 0 heterocycles. The van der Waals surface area contributed by atoms with E-state index in [-0.39, 0.29) is 254 Å². The molecule has 0 aliphatic rings. The summed E-state index contributed by atoms with van der Waals surface area (Å²) in [6.45, 7) is 11.9. The van der Waals surface area contributed by atoms with Crippen LogP contribution in [0, 0.1) is 33.1 Å². The summed E-state index contributed by atoms with van der Waals surface area (Å²) < 4.78 is 163. The van der Waals surface area contributed by atoms with Gasteiger partial charge in [0.1, 0.15) is 84.7 Å². The Morgan fingerprint density at radius 1 is 0.248 bits per heavy atom. The van der Waals surface area contributed by atoms with Crippen LogP contribution >= 0.6 is 0 Å². The van der Waals surface area contributed by atoms with Gasteiger partial charge in [-0.3, -0.25) is 9.59 Å². The van der Waals surface area contributed by atoms with Gasteiger partial charge in [0, 0.05) is 41.3 Å². The number of carbonyl (C=O) groups is 6. The summed E-state index contributed by atoms with van der Waals surface area (Å²) in [5.41, 5.74) is 1.11. The van der Waals surface area contributed by atoms with Crippen LogP contribution in [0.4, 0.5) is 0 Å². The molecule has 36 heteroatoms. The van der Waals surface area contributed by atoms with Crippen LogP contribution in [-0.4, -0.2) is 380 Å². The van der Waals surface area contributed by atoms with Gasteiger partial charge in [0.15, 0.2) is 23.0 Å². The number of hydrogen-bond acceptors (Lipinski definition) is 36. The summed E-state index contributed by atoms with van der Waals surface area (Å²) in [6.07, 6.45) is 1.94. The van der Waals surface area contributed by atoms with E-state index in [1.807, 2.05) is 77.8 Å². The van der Waals surface area contributed by atoms with Crippen molar-refractivity contribution in [3.8, 4) is 34.5 Å². The molecule has 4 aromatic rings. The highest BCUT2D eigenvalue weighted by Crippen LogP contribution is 2.41. The molecular formula is C89H138N2O34. The molecule has 0 aliphatic heterocycles. The first-order valence-electron chi connectivity index (χ1n) is 42.2. The molecule has 4 aromatic carbocycles. The van der Waals surface area contributed by atoms with Crippen LogP contribution in [0.2, 0.25) is 0 Å². The second kappa shape index (κ2) is 69.8. The average Bonchev–Trinajstić information content (AvgIpc) is 0.810. The van der Waals surface area contributed by atoms with Gasteiger partial charge >= 0.3 is 35.8 Å². The monoisotopic (exact) mass is 1780 g/mol. The van der Waals surface area contributed by atoms with E-state index >= 15 is 9.59 Å². The Kier molecular flexibility index (Phi) is 61.0. The first-order valence-corrected chi connectivity index (χ1v) is 42.2. The first kappa shape index (κ1) is 109. The van der Waals surface area contributed by atoms with E-state index in [1.54, 1.807) is 52.7 Å². The van der Waals surface area contributed by atoms with Crippen molar-refractivity contribution in [1.82, 2.24) is 9.80 Å². The zero-order chi connectivity index (χ0) is 90.6. The molecular weight excluding hydrogens is 1640 g/mol. The van der Waals surface area contributed by atoms with Gasteiger partial charge in [-0.15, -0.1) is 0 Å².